The highest BCUT2D eigenvalue weighted by Gasteiger charge is 2.23. The molecular weight excluding hydrogens is 299 g/mol. The van der Waals surface area contributed by atoms with Gasteiger partial charge in [0, 0.05) is 17.2 Å². The largest absolute Gasteiger partial charge is 0.427 e. The summed E-state index contributed by atoms with van der Waals surface area (Å²) in [5.74, 6) is 0. The van der Waals surface area contributed by atoms with E-state index in [1.807, 2.05) is 6.07 Å². The molecule has 1 aromatic carbocycles. The molecule has 1 heterocycles. The van der Waals surface area contributed by atoms with Crippen LogP contribution in [0.1, 0.15) is 16.7 Å². The number of aryl methyl sites for hydroxylation is 3. The molecule has 78 valence electrons. The Morgan fingerprint density at radius 1 is 1.07 bits per heavy atom. The van der Waals surface area contributed by atoms with E-state index in [9.17, 15) is 0 Å². The van der Waals surface area contributed by atoms with E-state index in [1.165, 1.54) is 20.3 Å². The highest BCUT2D eigenvalue weighted by molar-refractivity contribution is 5.26. The first-order chi connectivity index (χ1) is 7.16. The van der Waals surface area contributed by atoms with Gasteiger partial charge < -0.3 is 4.42 Å². The first kappa shape index (κ1) is 10.7. The zero-order valence-corrected chi connectivity index (χ0v) is 11.3. The number of halogens is 1. The molecule has 0 atom stereocenters. The highest BCUT2D eigenvalue weighted by Crippen LogP contribution is 2.07. The molecule has 2 heteroatoms. The zero-order chi connectivity index (χ0) is 10.8. The van der Waals surface area contributed by atoms with Gasteiger partial charge in [-0.15, -0.1) is 0 Å². The van der Waals surface area contributed by atoms with Crippen LogP contribution in [-0.2, 0) is 0 Å². The predicted molar refractivity (Wildman–Crippen MR) is 56.8 cm³/mol. The van der Waals surface area contributed by atoms with Gasteiger partial charge in [-0.2, -0.15) is 0 Å². The van der Waals surface area contributed by atoms with Crippen LogP contribution in [0.3, 0.4) is 0 Å². The van der Waals surface area contributed by atoms with Gasteiger partial charge in [-0.05, 0) is 26.8 Å². The lowest BCUT2D eigenvalue weighted by Crippen LogP contribution is -3.62. The molecule has 0 N–H and O–H groups in total. The Morgan fingerprint density at radius 3 is 2.27 bits per heavy atom. The maximum absolute atomic E-state index is 5.43. The van der Waals surface area contributed by atoms with E-state index in [0.29, 0.717) is 0 Å². The second-order valence-electron chi connectivity index (χ2n) is 3.72. The minimum absolute atomic E-state index is 0.157. The second kappa shape index (κ2) is 4.39. The van der Waals surface area contributed by atoms with Crippen molar-refractivity contribution in [3.63, 3.8) is 0 Å². The highest BCUT2D eigenvalue weighted by atomic mass is 127. The van der Waals surface area contributed by atoms with Crippen LogP contribution in [0.25, 0.3) is 0 Å². The summed E-state index contributed by atoms with van der Waals surface area (Å²) in [5, 5.41) is 0. The second-order valence-corrected chi connectivity index (χ2v) is 6.41. The third-order valence-electron chi connectivity index (χ3n) is 2.25. The monoisotopic (exact) mass is 313 g/mol. The molecule has 0 spiro atoms. The molecule has 15 heavy (non-hydrogen) atoms. The fraction of sp³-hybridized carbons (Fsp3) is 0.231. The van der Waals surface area contributed by atoms with Gasteiger partial charge in [-0.25, -0.2) is 0 Å². The summed E-state index contributed by atoms with van der Waals surface area (Å²) in [7, 11) is 0. The number of rotatable bonds is 2. The lowest BCUT2D eigenvalue weighted by atomic mass is 10.1. The third kappa shape index (κ3) is 2.43. The van der Waals surface area contributed by atoms with Gasteiger partial charge in [0.05, 0.1) is 6.26 Å². The maximum atomic E-state index is 5.43. The topological polar surface area (TPSA) is 13.1 Å². The van der Waals surface area contributed by atoms with Gasteiger partial charge in [0.15, 0.2) is 0 Å². The van der Waals surface area contributed by atoms with Crippen LogP contribution in [0.15, 0.2) is 34.9 Å². The van der Waals surface area contributed by atoms with Crippen LogP contribution in [0.5, 0.6) is 0 Å². The Morgan fingerprint density at radius 2 is 1.73 bits per heavy atom. The van der Waals surface area contributed by atoms with E-state index in [2.05, 4.69) is 39.0 Å². The van der Waals surface area contributed by atoms with Crippen molar-refractivity contribution in [2.24, 2.45) is 0 Å². The van der Waals surface area contributed by atoms with E-state index in [-0.39, 0.29) is 21.2 Å². The Balaban J connectivity index is 2.36. The Hall–Kier alpha value is -0.770. The van der Waals surface area contributed by atoms with Gasteiger partial charge >= 0.3 is 25.0 Å². The molecular formula is C13H14IO+. The Labute approximate surface area is 101 Å². The van der Waals surface area contributed by atoms with Gasteiger partial charge in [-0.1, -0.05) is 17.7 Å². The van der Waals surface area contributed by atoms with E-state index in [1.54, 1.807) is 6.26 Å². The van der Waals surface area contributed by atoms with Crippen molar-refractivity contribution >= 4 is 0 Å². The van der Waals surface area contributed by atoms with Crippen molar-refractivity contribution in [2.75, 3.05) is 0 Å². The lowest BCUT2D eigenvalue weighted by Gasteiger charge is -1.99. The van der Waals surface area contributed by atoms with Crippen molar-refractivity contribution in [3.05, 3.63) is 54.6 Å². The summed E-state index contributed by atoms with van der Waals surface area (Å²) < 4.78 is 8.06. The molecule has 0 saturated heterocycles. The molecule has 0 aliphatic rings. The fourth-order valence-electron chi connectivity index (χ4n) is 1.72. The molecule has 2 rings (SSSR count). The number of benzene rings is 1. The normalized spacial score (nSPS) is 10.6. The first-order valence-corrected chi connectivity index (χ1v) is 7.09. The molecule has 0 aliphatic carbocycles. The smallest absolute Gasteiger partial charge is 0.401 e. The Kier molecular flexibility index (Phi) is 3.14. The quantitative estimate of drug-likeness (QED) is 0.729. The molecule has 0 amide bonds. The molecule has 0 fully saturated rings. The van der Waals surface area contributed by atoms with E-state index < -0.39 is 0 Å². The zero-order valence-electron chi connectivity index (χ0n) is 9.17. The molecule has 0 saturated carbocycles. The Bertz CT molecular complexity index is 434. The van der Waals surface area contributed by atoms with Crippen LogP contribution in [0.4, 0.5) is 0 Å². The summed E-state index contributed by atoms with van der Waals surface area (Å²) in [4.78, 5) is 0. The van der Waals surface area contributed by atoms with Crippen LogP contribution in [0.2, 0.25) is 0 Å². The third-order valence-corrected chi connectivity index (χ3v) is 5.64. The summed E-state index contributed by atoms with van der Waals surface area (Å²) in [6.45, 7) is 6.53. The van der Waals surface area contributed by atoms with E-state index in [0.717, 1.165) is 3.77 Å². The van der Waals surface area contributed by atoms with Gasteiger partial charge in [0.1, 0.15) is 0 Å². The molecule has 0 bridgehead atoms. The van der Waals surface area contributed by atoms with Gasteiger partial charge in [0.2, 0.25) is 3.57 Å². The van der Waals surface area contributed by atoms with Crippen molar-refractivity contribution in [3.8, 4) is 0 Å². The van der Waals surface area contributed by atoms with Crippen LogP contribution < -0.4 is 21.2 Å². The molecule has 0 unspecified atom stereocenters. The standard InChI is InChI=1S/C13H14IO/c1-9-7-10(2)13(11(3)8-9)14-12-5-4-6-15-12/h4-8H,1-3H3/q+1. The lowest BCUT2D eigenvalue weighted by molar-refractivity contribution is -0.618. The maximum Gasteiger partial charge on any atom is 0.401 e. The average Bonchev–Trinajstić information content (AvgIpc) is 2.63. The summed E-state index contributed by atoms with van der Waals surface area (Å²) in [6, 6.07) is 8.55. The first-order valence-electron chi connectivity index (χ1n) is 4.93. The molecule has 1 aromatic heterocycles. The molecule has 1 nitrogen and oxygen atoms in total. The van der Waals surface area contributed by atoms with Crippen molar-refractivity contribution in [1.29, 1.82) is 0 Å². The van der Waals surface area contributed by atoms with Crippen LogP contribution in [-0.4, -0.2) is 0 Å². The van der Waals surface area contributed by atoms with Gasteiger partial charge in [-0.3, -0.25) is 0 Å². The summed E-state index contributed by atoms with van der Waals surface area (Å²) >= 11 is -0.157. The summed E-state index contributed by atoms with van der Waals surface area (Å²) in [5.41, 5.74) is 4.14. The van der Waals surface area contributed by atoms with Gasteiger partial charge in [0.25, 0.3) is 0 Å². The predicted octanol–water partition coefficient (Wildman–Crippen LogP) is 0.333. The minimum Gasteiger partial charge on any atom is -0.427 e. The fourth-order valence-corrected chi connectivity index (χ4v) is 4.07. The van der Waals surface area contributed by atoms with Crippen molar-refractivity contribution in [2.45, 2.75) is 20.8 Å². The van der Waals surface area contributed by atoms with Crippen molar-refractivity contribution in [1.82, 2.24) is 0 Å². The number of hydrogen-bond donors (Lipinski definition) is 0. The molecule has 0 radical (unpaired) electrons. The number of hydrogen-bond acceptors (Lipinski definition) is 1. The minimum atomic E-state index is -0.157. The van der Waals surface area contributed by atoms with Crippen molar-refractivity contribution < 1.29 is 25.6 Å². The SMILES string of the molecule is Cc1cc(C)c([I+]c2ccco2)c(C)c1. The molecule has 0 aliphatic heterocycles. The summed E-state index contributed by atoms with van der Waals surface area (Å²) in [6.07, 6.45) is 1.76. The average molecular weight is 313 g/mol. The molecule has 2 aromatic rings. The number of furan rings is 1. The van der Waals surface area contributed by atoms with Crippen LogP contribution >= 0.6 is 0 Å². The van der Waals surface area contributed by atoms with Crippen LogP contribution in [0, 0.1) is 28.1 Å². The van der Waals surface area contributed by atoms with E-state index in [4.69, 9.17) is 4.42 Å². The van der Waals surface area contributed by atoms with E-state index >= 15 is 0 Å².